The Balaban J connectivity index is 3.90. The molecule has 0 aliphatic carbocycles. The smallest absolute Gasteiger partial charge is 0.0596 e. The first-order chi connectivity index (χ1) is 7.41. The molecular weight excluding hydrogens is 196 g/mol. The number of hydrogen-bond donors (Lipinski definition) is 1. The quantitative estimate of drug-likeness (QED) is 0.673. The van der Waals surface area contributed by atoms with Crippen LogP contribution in [-0.2, 0) is 0 Å². The van der Waals surface area contributed by atoms with Gasteiger partial charge in [0, 0.05) is 0 Å². The Labute approximate surface area is 102 Å². The van der Waals surface area contributed by atoms with Gasteiger partial charge in [-0.1, -0.05) is 26.7 Å². The summed E-state index contributed by atoms with van der Waals surface area (Å²) < 4.78 is 0. The number of rotatable bonds is 7. The first-order valence-electron chi connectivity index (χ1n) is 6.24. The molecule has 0 fully saturated rings. The highest BCUT2D eigenvalue weighted by molar-refractivity contribution is 4.87. The summed E-state index contributed by atoms with van der Waals surface area (Å²) >= 11 is 0. The molecular formula is C14H28N2. The van der Waals surface area contributed by atoms with Crippen molar-refractivity contribution in [1.82, 2.24) is 4.90 Å². The molecule has 0 bridgehead atoms. The molecule has 0 aliphatic heterocycles. The Bertz CT molecular complexity index is 210. The molecule has 0 saturated carbocycles. The Hall–Kier alpha value is -0.520. The predicted molar refractivity (Wildman–Crippen MR) is 72.2 cm³/mol. The second kappa shape index (κ2) is 7.70. The molecule has 0 aromatic carbocycles. The maximum atomic E-state index is 5.67. The van der Waals surface area contributed by atoms with Crippen LogP contribution in [0.5, 0.6) is 0 Å². The van der Waals surface area contributed by atoms with Crippen molar-refractivity contribution < 1.29 is 0 Å². The average molecular weight is 224 g/mol. The molecule has 0 amide bonds. The van der Waals surface area contributed by atoms with E-state index in [-0.39, 0.29) is 0 Å². The van der Waals surface area contributed by atoms with Crippen molar-refractivity contribution in [3.63, 3.8) is 0 Å². The number of hydrogen-bond acceptors (Lipinski definition) is 2. The molecule has 1 unspecified atom stereocenters. The fourth-order valence-electron chi connectivity index (χ4n) is 2.05. The molecule has 1 atom stereocenters. The first-order valence-corrected chi connectivity index (χ1v) is 6.24. The molecule has 2 N–H and O–H groups in total. The lowest BCUT2D eigenvalue weighted by atomic mass is 9.76. The van der Waals surface area contributed by atoms with E-state index in [9.17, 15) is 0 Å². The molecule has 2 nitrogen and oxygen atoms in total. The molecule has 0 radical (unpaired) electrons. The zero-order valence-corrected chi connectivity index (χ0v) is 11.4. The highest BCUT2D eigenvalue weighted by atomic mass is 15.1. The molecule has 0 heterocycles. The minimum Gasteiger partial charge on any atom is -0.330 e. The van der Waals surface area contributed by atoms with Crippen molar-refractivity contribution in [3.8, 4) is 12.3 Å². The zero-order chi connectivity index (χ0) is 12.6. The zero-order valence-electron chi connectivity index (χ0n) is 11.4. The van der Waals surface area contributed by atoms with Crippen molar-refractivity contribution in [2.45, 2.75) is 40.0 Å². The summed E-state index contributed by atoms with van der Waals surface area (Å²) in [6, 6.07) is 0. The van der Waals surface area contributed by atoms with Crippen molar-refractivity contribution >= 4 is 0 Å². The van der Waals surface area contributed by atoms with Gasteiger partial charge in [-0.2, -0.15) is 0 Å². The van der Waals surface area contributed by atoms with Gasteiger partial charge in [-0.05, 0) is 50.7 Å². The van der Waals surface area contributed by atoms with E-state index < -0.39 is 0 Å². The van der Waals surface area contributed by atoms with Gasteiger partial charge in [0.25, 0.3) is 0 Å². The SMILES string of the molecule is C#CCN(C)CCCC(CCN)C(C)(C)C. The number of terminal acetylenes is 1. The molecule has 94 valence electrons. The largest absolute Gasteiger partial charge is 0.330 e. The fraction of sp³-hybridized carbons (Fsp3) is 0.857. The van der Waals surface area contributed by atoms with Crippen LogP contribution in [-0.4, -0.2) is 31.6 Å². The molecule has 0 saturated heterocycles. The third kappa shape index (κ3) is 6.87. The van der Waals surface area contributed by atoms with Crippen LogP contribution in [0.4, 0.5) is 0 Å². The molecule has 0 aromatic heterocycles. The molecule has 0 rings (SSSR count). The summed E-state index contributed by atoms with van der Waals surface area (Å²) in [6.07, 6.45) is 8.85. The van der Waals surface area contributed by atoms with E-state index in [1.165, 1.54) is 12.8 Å². The van der Waals surface area contributed by atoms with Gasteiger partial charge in [0.1, 0.15) is 0 Å². The minimum absolute atomic E-state index is 0.365. The Kier molecular flexibility index (Phi) is 7.45. The van der Waals surface area contributed by atoms with E-state index in [1.54, 1.807) is 0 Å². The normalized spacial score (nSPS) is 13.8. The molecule has 0 aliphatic rings. The maximum Gasteiger partial charge on any atom is 0.0596 e. The second-order valence-corrected chi connectivity index (χ2v) is 5.72. The lowest BCUT2D eigenvalue weighted by molar-refractivity contribution is 0.202. The topological polar surface area (TPSA) is 29.3 Å². The van der Waals surface area contributed by atoms with Crippen molar-refractivity contribution in [2.24, 2.45) is 17.1 Å². The molecule has 2 heteroatoms. The first kappa shape index (κ1) is 15.5. The van der Waals surface area contributed by atoms with Crippen LogP contribution in [0, 0.1) is 23.7 Å². The van der Waals surface area contributed by atoms with E-state index >= 15 is 0 Å². The monoisotopic (exact) mass is 224 g/mol. The van der Waals surface area contributed by atoms with E-state index in [4.69, 9.17) is 12.2 Å². The highest BCUT2D eigenvalue weighted by Gasteiger charge is 2.23. The summed E-state index contributed by atoms with van der Waals surface area (Å²) in [5.41, 5.74) is 6.03. The average Bonchev–Trinajstić information content (AvgIpc) is 2.15. The van der Waals surface area contributed by atoms with Gasteiger partial charge in [0.2, 0.25) is 0 Å². The molecule has 16 heavy (non-hydrogen) atoms. The van der Waals surface area contributed by atoms with Gasteiger partial charge >= 0.3 is 0 Å². The van der Waals surface area contributed by atoms with Crippen LogP contribution in [0.2, 0.25) is 0 Å². The lowest BCUT2D eigenvalue weighted by Crippen LogP contribution is -2.26. The van der Waals surface area contributed by atoms with Crippen LogP contribution in [0.1, 0.15) is 40.0 Å². The summed E-state index contributed by atoms with van der Waals surface area (Å²) in [5, 5.41) is 0. The summed E-state index contributed by atoms with van der Waals surface area (Å²) in [5.74, 6) is 3.39. The molecule has 0 aromatic rings. The van der Waals surface area contributed by atoms with Gasteiger partial charge in [0.05, 0.1) is 6.54 Å². The van der Waals surface area contributed by atoms with Crippen LogP contribution >= 0.6 is 0 Å². The predicted octanol–water partition coefficient (Wildman–Crippen LogP) is 2.34. The van der Waals surface area contributed by atoms with E-state index in [0.717, 1.165) is 32.0 Å². The highest BCUT2D eigenvalue weighted by Crippen LogP contribution is 2.31. The van der Waals surface area contributed by atoms with Crippen molar-refractivity contribution in [2.75, 3.05) is 26.7 Å². The summed E-state index contributed by atoms with van der Waals surface area (Å²) in [6.45, 7) is 9.54. The van der Waals surface area contributed by atoms with Crippen molar-refractivity contribution in [3.05, 3.63) is 0 Å². The minimum atomic E-state index is 0.365. The number of nitrogens with zero attached hydrogens (tertiary/aromatic N) is 1. The maximum absolute atomic E-state index is 5.67. The van der Waals surface area contributed by atoms with Crippen LogP contribution in [0.3, 0.4) is 0 Å². The molecule has 0 spiro atoms. The van der Waals surface area contributed by atoms with E-state index in [1.807, 2.05) is 0 Å². The van der Waals surface area contributed by atoms with Crippen LogP contribution in [0.25, 0.3) is 0 Å². The number of nitrogens with two attached hydrogens (primary N) is 1. The van der Waals surface area contributed by atoms with Gasteiger partial charge in [-0.3, -0.25) is 4.90 Å². The Morgan fingerprint density at radius 1 is 1.31 bits per heavy atom. The van der Waals surface area contributed by atoms with Gasteiger partial charge < -0.3 is 5.73 Å². The fourth-order valence-corrected chi connectivity index (χ4v) is 2.05. The van der Waals surface area contributed by atoms with E-state index in [2.05, 4.69) is 38.6 Å². The summed E-state index contributed by atoms with van der Waals surface area (Å²) in [4.78, 5) is 2.20. The summed E-state index contributed by atoms with van der Waals surface area (Å²) in [7, 11) is 2.08. The van der Waals surface area contributed by atoms with Crippen LogP contribution < -0.4 is 5.73 Å². The van der Waals surface area contributed by atoms with E-state index in [0.29, 0.717) is 5.41 Å². The van der Waals surface area contributed by atoms with Crippen LogP contribution in [0.15, 0.2) is 0 Å². The van der Waals surface area contributed by atoms with Gasteiger partial charge in [0.15, 0.2) is 0 Å². The van der Waals surface area contributed by atoms with Gasteiger partial charge in [-0.25, -0.2) is 0 Å². The Morgan fingerprint density at radius 2 is 1.94 bits per heavy atom. The third-order valence-electron chi connectivity index (χ3n) is 3.19. The Morgan fingerprint density at radius 3 is 2.38 bits per heavy atom. The van der Waals surface area contributed by atoms with Crippen molar-refractivity contribution in [1.29, 1.82) is 0 Å². The second-order valence-electron chi connectivity index (χ2n) is 5.72. The third-order valence-corrected chi connectivity index (χ3v) is 3.19. The lowest BCUT2D eigenvalue weighted by Gasteiger charge is -2.31. The van der Waals surface area contributed by atoms with Gasteiger partial charge in [-0.15, -0.1) is 6.42 Å². The standard InChI is InChI=1S/C14H28N2/c1-6-11-16(5)12-7-8-13(9-10-15)14(2,3)4/h1,13H,7-12,15H2,2-5H3.